The van der Waals surface area contributed by atoms with Gasteiger partial charge in [0.05, 0.1) is 24.3 Å². The normalized spacial score (nSPS) is 10.2. The van der Waals surface area contributed by atoms with Crippen LogP contribution in [0.1, 0.15) is 23.7 Å². The molecular formula is C13H18N2O4. The van der Waals surface area contributed by atoms with Gasteiger partial charge < -0.3 is 20.5 Å². The number of ether oxygens (including phenoxy) is 1. The standard InChI is InChI=1S/C13H18N2O4/c1-3-19-7-6-12(16)15(2)11-5-4-9(14)8-10(11)13(17)18/h4-5,8H,3,6-7,14H2,1-2H3,(H,17,18). The number of carboxylic acids is 1. The van der Waals surface area contributed by atoms with Crippen molar-refractivity contribution >= 4 is 23.3 Å². The summed E-state index contributed by atoms with van der Waals surface area (Å²) in [5.41, 5.74) is 6.23. The van der Waals surface area contributed by atoms with Gasteiger partial charge in [-0.25, -0.2) is 4.79 Å². The third kappa shape index (κ3) is 3.96. The molecule has 0 fully saturated rings. The zero-order valence-corrected chi connectivity index (χ0v) is 11.0. The van der Waals surface area contributed by atoms with Gasteiger partial charge in [-0.1, -0.05) is 0 Å². The summed E-state index contributed by atoms with van der Waals surface area (Å²) in [6, 6.07) is 4.43. The summed E-state index contributed by atoms with van der Waals surface area (Å²) in [4.78, 5) is 24.4. The van der Waals surface area contributed by atoms with Crippen molar-refractivity contribution in [3.63, 3.8) is 0 Å². The Morgan fingerprint density at radius 3 is 2.68 bits per heavy atom. The number of nitrogens with two attached hydrogens (primary N) is 1. The summed E-state index contributed by atoms with van der Waals surface area (Å²) in [5.74, 6) is -1.33. The SMILES string of the molecule is CCOCCC(=O)N(C)c1ccc(N)cc1C(=O)O. The average molecular weight is 266 g/mol. The first-order chi connectivity index (χ1) is 8.97. The highest BCUT2D eigenvalue weighted by atomic mass is 16.5. The number of hydrogen-bond acceptors (Lipinski definition) is 4. The van der Waals surface area contributed by atoms with Gasteiger partial charge in [-0.15, -0.1) is 0 Å². The van der Waals surface area contributed by atoms with Crippen LogP contribution in [0.5, 0.6) is 0 Å². The smallest absolute Gasteiger partial charge is 0.337 e. The molecule has 0 heterocycles. The molecule has 1 rings (SSSR count). The van der Waals surface area contributed by atoms with Gasteiger partial charge in [-0.3, -0.25) is 4.79 Å². The van der Waals surface area contributed by atoms with E-state index in [0.29, 0.717) is 24.6 Å². The number of aromatic carboxylic acids is 1. The maximum atomic E-state index is 11.9. The van der Waals surface area contributed by atoms with E-state index in [4.69, 9.17) is 15.6 Å². The van der Waals surface area contributed by atoms with Gasteiger partial charge in [0.25, 0.3) is 0 Å². The lowest BCUT2D eigenvalue weighted by Gasteiger charge is -2.19. The number of benzene rings is 1. The minimum Gasteiger partial charge on any atom is -0.478 e. The molecule has 0 saturated heterocycles. The molecule has 0 aliphatic carbocycles. The van der Waals surface area contributed by atoms with Gasteiger partial charge >= 0.3 is 5.97 Å². The Kier molecular flexibility index (Phi) is 5.32. The summed E-state index contributed by atoms with van der Waals surface area (Å²) in [6.07, 6.45) is 0.202. The fraction of sp³-hybridized carbons (Fsp3) is 0.385. The van der Waals surface area contributed by atoms with Crippen LogP contribution >= 0.6 is 0 Å². The molecule has 6 heteroatoms. The van der Waals surface area contributed by atoms with Crippen LogP contribution in [0.3, 0.4) is 0 Å². The zero-order chi connectivity index (χ0) is 14.4. The molecule has 0 atom stereocenters. The van der Waals surface area contributed by atoms with Crippen LogP contribution in [0.2, 0.25) is 0 Å². The van der Waals surface area contributed by atoms with Gasteiger partial charge in [0.2, 0.25) is 5.91 Å². The van der Waals surface area contributed by atoms with Crippen LogP contribution < -0.4 is 10.6 Å². The number of carbonyl (C=O) groups is 2. The van der Waals surface area contributed by atoms with E-state index in [1.807, 2.05) is 6.92 Å². The minimum atomic E-state index is -1.12. The maximum absolute atomic E-state index is 11.9. The van der Waals surface area contributed by atoms with Gasteiger partial charge in [-0.2, -0.15) is 0 Å². The van der Waals surface area contributed by atoms with Gasteiger partial charge in [-0.05, 0) is 25.1 Å². The molecule has 1 aromatic rings. The maximum Gasteiger partial charge on any atom is 0.337 e. The highest BCUT2D eigenvalue weighted by Gasteiger charge is 2.18. The molecule has 0 radical (unpaired) electrons. The van der Waals surface area contributed by atoms with Crippen molar-refractivity contribution in [2.24, 2.45) is 0 Å². The molecule has 0 aliphatic heterocycles. The molecule has 0 aliphatic rings. The van der Waals surface area contributed by atoms with E-state index in [1.165, 1.54) is 24.1 Å². The molecule has 6 nitrogen and oxygen atoms in total. The monoisotopic (exact) mass is 266 g/mol. The molecular weight excluding hydrogens is 248 g/mol. The van der Waals surface area contributed by atoms with E-state index in [9.17, 15) is 9.59 Å². The second-order valence-electron chi connectivity index (χ2n) is 3.98. The highest BCUT2D eigenvalue weighted by molar-refractivity contribution is 6.02. The van der Waals surface area contributed by atoms with Crippen molar-refractivity contribution in [2.75, 3.05) is 30.9 Å². The van der Waals surface area contributed by atoms with Crippen LogP contribution in [0.25, 0.3) is 0 Å². The van der Waals surface area contributed by atoms with E-state index >= 15 is 0 Å². The number of nitrogens with zero attached hydrogens (tertiary/aromatic N) is 1. The van der Waals surface area contributed by atoms with Crippen LogP contribution in [0.15, 0.2) is 18.2 Å². The van der Waals surface area contributed by atoms with Crippen LogP contribution in [0.4, 0.5) is 11.4 Å². The Labute approximate surface area is 111 Å². The topological polar surface area (TPSA) is 92.9 Å². The summed E-state index contributed by atoms with van der Waals surface area (Å²) >= 11 is 0. The third-order valence-electron chi connectivity index (χ3n) is 2.65. The Balaban J connectivity index is 2.89. The van der Waals surface area contributed by atoms with Crippen molar-refractivity contribution in [1.29, 1.82) is 0 Å². The first-order valence-electron chi connectivity index (χ1n) is 5.94. The Morgan fingerprint density at radius 1 is 1.42 bits per heavy atom. The molecule has 1 aromatic carbocycles. The predicted octanol–water partition coefficient (Wildman–Crippen LogP) is 1.36. The summed E-state index contributed by atoms with van der Waals surface area (Å²) < 4.78 is 5.10. The lowest BCUT2D eigenvalue weighted by molar-refractivity contribution is -0.119. The lowest BCUT2D eigenvalue weighted by atomic mass is 10.1. The molecule has 3 N–H and O–H groups in total. The minimum absolute atomic E-state index is 0.00672. The number of amides is 1. The molecule has 0 saturated carbocycles. The average Bonchev–Trinajstić information content (AvgIpc) is 2.38. The Morgan fingerprint density at radius 2 is 2.11 bits per heavy atom. The Hall–Kier alpha value is -2.08. The molecule has 19 heavy (non-hydrogen) atoms. The van der Waals surface area contributed by atoms with Crippen LogP contribution in [-0.2, 0) is 9.53 Å². The quantitative estimate of drug-likeness (QED) is 0.599. The molecule has 0 spiro atoms. The number of rotatable bonds is 6. The fourth-order valence-electron chi connectivity index (χ4n) is 1.62. The van der Waals surface area contributed by atoms with E-state index in [-0.39, 0.29) is 17.9 Å². The number of anilines is 2. The first kappa shape index (κ1) is 15.0. The van der Waals surface area contributed by atoms with Crippen molar-refractivity contribution in [2.45, 2.75) is 13.3 Å². The lowest BCUT2D eigenvalue weighted by Crippen LogP contribution is -2.28. The fourth-order valence-corrected chi connectivity index (χ4v) is 1.62. The van der Waals surface area contributed by atoms with Crippen LogP contribution in [-0.4, -0.2) is 37.2 Å². The van der Waals surface area contributed by atoms with Gasteiger partial charge in [0, 0.05) is 19.3 Å². The molecule has 0 unspecified atom stereocenters. The number of carbonyl (C=O) groups excluding carboxylic acids is 1. The zero-order valence-electron chi connectivity index (χ0n) is 11.0. The van der Waals surface area contributed by atoms with Gasteiger partial charge in [0.1, 0.15) is 0 Å². The molecule has 0 bridgehead atoms. The molecule has 104 valence electrons. The first-order valence-corrected chi connectivity index (χ1v) is 5.94. The van der Waals surface area contributed by atoms with E-state index in [2.05, 4.69) is 0 Å². The van der Waals surface area contributed by atoms with E-state index in [0.717, 1.165) is 0 Å². The number of nitrogen functional groups attached to an aromatic ring is 1. The summed E-state index contributed by atoms with van der Waals surface area (Å²) in [7, 11) is 1.53. The molecule has 0 aromatic heterocycles. The van der Waals surface area contributed by atoms with Crippen molar-refractivity contribution < 1.29 is 19.4 Å². The number of carboxylic acid groups (broad SMARTS) is 1. The van der Waals surface area contributed by atoms with Crippen molar-refractivity contribution in [3.05, 3.63) is 23.8 Å². The summed E-state index contributed by atoms with van der Waals surface area (Å²) in [6.45, 7) is 2.70. The van der Waals surface area contributed by atoms with Crippen molar-refractivity contribution in [3.8, 4) is 0 Å². The summed E-state index contributed by atoms with van der Waals surface area (Å²) in [5, 5.41) is 9.12. The third-order valence-corrected chi connectivity index (χ3v) is 2.65. The van der Waals surface area contributed by atoms with Gasteiger partial charge in [0.15, 0.2) is 0 Å². The molecule has 1 amide bonds. The largest absolute Gasteiger partial charge is 0.478 e. The predicted molar refractivity (Wildman–Crippen MR) is 72.3 cm³/mol. The van der Waals surface area contributed by atoms with Crippen molar-refractivity contribution in [1.82, 2.24) is 0 Å². The highest BCUT2D eigenvalue weighted by Crippen LogP contribution is 2.22. The number of hydrogen-bond donors (Lipinski definition) is 2. The Bertz CT molecular complexity index is 474. The van der Waals surface area contributed by atoms with E-state index < -0.39 is 5.97 Å². The second-order valence-corrected chi connectivity index (χ2v) is 3.98. The second kappa shape index (κ2) is 6.75. The van der Waals surface area contributed by atoms with E-state index in [1.54, 1.807) is 6.07 Å². The van der Waals surface area contributed by atoms with Crippen LogP contribution in [0, 0.1) is 0 Å².